The largest absolute Gasteiger partial charge is 0.420 e. The molecule has 1 rings (SSSR count). The topological polar surface area (TPSA) is 26.3 Å². The molecule has 0 amide bonds. The number of carbonyl (C=O) groups excluding carboxylic acids is 1. The number of hydrogen-bond donors (Lipinski definition) is 0. The molecule has 0 fully saturated rings. The van der Waals surface area contributed by atoms with Crippen molar-refractivity contribution in [1.82, 2.24) is 0 Å². The summed E-state index contributed by atoms with van der Waals surface area (Å²) in [7, 11) is 0. The Hall–Kier alpha value is -1.66. The quantitative estimate of drug-likeness (QED) is 0.0540. The molecule has 0 atom stereocenters. The highest BCUT2D eigenvalue weighted by Crippen LogP contribution is 2.29. The number of benzene rings is 1. The average Bonchev–Trinajstić information content (AvgIpc) is 2.78. The lowest BCUT2D eigenvalue weighted by atomic mass is 9.89. The van der Waals surface area contributed by atoms with Gasteiger partial charge in [0.1, 0.15) is 0 Å². The van der Waals surface area contributed by atoms with Gasteiger partial charge in [-0.2, -0.15) is 8.78 Å². The number of rotatable bonds is 17. The first-order valence-electron chi connectivity index (χ1n) is 12.8. The molecule has 0 saturated carbocycles. The second kappa shape index (κ2) is 16.1. The van der Waals surface area contributed by atoms with E-state index in [1.54, 1.807) is 0 Å². The molecule has 0 N–H and O–H groups in total. The van der Waals surface area contributed by atoms with Crippen LogP contribution in [0.1, 0.15) is 124 Å². The SMILES string of the molecule is CC(C)(C)CCCCCCCCCCCCCCCCC(=O)Oc1c(F)c(F)c(F)c(F)c1F. The molecule has 0 unspecified atom stereocenters. The van der Waals surface area contributed by atoms with E-state index >= 15 is 0 Å². The first kappa shape index (κ1) is 30.4. The second-order valence-electron chi connectivity index (χ2n) is 10.4. The maximum atomic E-state index is 13.5. The molecule has 0 heterocycles. The van der Waals surface area contributed by atoms with Crippen molar-refractivity contribution < 1.29 is 31.5 Å². The number of esters is 1. The van der Waals surface area contributed by atoms with Crippen molar-refractivity contribution in [3.05, 3.63) is 29.1 Å². The summed E-state index contributed by atoms with van der Waals surface area (Å²) in [5, 5.41) is 0. The van der Waals surface area contributed by atoms with E-state index in [4.69, 9.17) is 0 Å². The summed E-state index contributed by atoms with van der Waals surface area (Å²) in [4.78, 5) is 11.7. The van der Waals surface area contributed by atoms with E-state index in [0.717, 1.165) is 25.7 Å². The van der Waals surface area contributed by atoms with E-state index in [1.807, 2.05) is 0 Å². The standard InChI is InChI=1S/C27H41F5O2/c1-27(2,3)19-17-15-13-11-9-7-5-4-6-8-10-12-14-16-18-20(33)34-26-24(31)22(29)21(28)23(30)25(26)32/h4-19H2,1-3H3. The van der Waals surface area contributed by atoms with Gasteiger partial charge in [0.15, 0.2) is 0 Å². The summed E-state index contributed by atoms with van der Waals surface area (Å²) < 4.78 is 70.7. The van der Waals surface area contributed by atoms with E-state index in [2.05, 4.69) is 25.5 Å². The molecule has 0 aliphatic carbocycles. The van der Waals surface area contributed by atoms with Crippen LogP contribution in [-0.4, -0.2) is 5.97 Å². The normalized spacial score (nSPS) is 11.8. The van der Waals surface area contributed by atoms with Gasteiger partial charge in [-0.05, 0) is 18.3 Å². The van der Waals surface area contributed by atoms with Gasteiger partial charge in [-0.1, -0.05) is 104 Å². The third-order valence-electron chi connectivity index (χ3n) is 5.94. The Kier molecular flexibility index (Phi) is 14.4. The molecule has 7 heteroatoms. The van der Waals surface area contributed by atoms with Gasteiger partial charge in [-0.15, -0.1) is 0 Å². The van der Waals surface area contributed by atoms with Gasteiger partial charge < -0.3 is 4.74 Å². The number of ether oxygens (including phenoxy) is 1. The number of unbranched alkanes of at least 4 members (excludes halogenated alkanes) is 13. The third-order valence-corrected chi connectivity index (χ3v) is 5.94. The van der Waals surface area contributed by atoms with Crippen LogP contribution in [0.5, 0.6) is 5.75 Å². The average molecular weight is 493 g/mol. The highest BCUT2D eigenvalue weighted by molar-refractivity contribution is 5.72. The predicted molar refractivity (Wildman–Crippen MR) is 125 cm³/mol. The minimum absolute atomic E-state index is 0.143. The molecule has 34 heavy (non-hydrogen) atoms. The van der Waals surface area contributed by atoms with Gasteiger partial charge in [0.25, 0.3) is 0 Å². The van der Waals surface area contributed by atoms with Crippen molar-refractivity contribution in [1.29, 1.82) is 0 Å². The summed E-state index contributed by atoms with van der Waals surface area (Å²) in [6.45, 7) is 6.88. The monoisotopic (exact) mass is 492 g/mol. The fraction of sp³-hybridized carbons (Fsp3) is 0.741. The lowest BCUT2D eigenvalue weighted by molar-refractivity contribution is -0.135. The summed E-state index contributed by atoms with van der Waals surface area (Å²) in [5.41, 5.74) is 0.447. The number of halogens is 5. The third kappa shape index (κ3) is 12.2. The highest BCUT2D eigenvalue weighted by atomic mass is 19.2. The van der Waals surface area contributed by atoms with Crippen molar-refractivity contribution in [2.75, 3.05) is 0 Å². The van der Waals surface area contributed by atoms with Crippen LogP contribution in [-0.2, 0) is 4.79 Å². The van der Waals surface area contributed by atoms with Gasteiger partial charge in [-0.3, -0.25) is 4.79 Å². The highest BCUT2D eigenvalue weighted by Gasteiger charge is 2.28. The molecule has 2 nitrogen and oxygen atoms in total. The van der Waals surface area contributed by atoms with Crippen LogP contribution in [0.4, 0.5) is 22.0 Å². The van der Waals surface area contributed by atoms with E-state index in [9.17, 15) is 26.7 Å². The van der Waals surface area contributed by atoms with Crippen LogP contribution in [0.15, 0.2) is 0 Å². The fourth-order valence-corrected chi connectivity index (χ4v) is 3.89. The molecule has 0 radical (unpaired) electrons. The van der Waals surface area contributed by atoms with E-state index in [0.29, 0.717) is 11.8 Å². The Morgan fingerprint density at radius 1 is 0.559 bits per heavy atom. The summed E-state index contributed by atoms with van der Waals surface area (Å²) in [6, 6.07) is 0. The van der Waals surface area contributed by atoms with Gasteiger partial charge in [-0.25, -0.2) is 13.2 Å². The van der Waals surface area contributed by atoms with Crippen LogP contribution in [0.25, 0.3) is 0 Å². The maximum absolute atomic E-state index is 13.5. The fourth-order valence-electron chi connectivity index (χ4n) is 3.89. The predicted octanol–water partition coefficient (Wildman–Crippen LogP) is 9.58. The Bertz CT molecular complexity index is 715. The van der Waals surface area contributed by atoms with Crippen LogP contribution < -0.4 is 4.74 Å². The van der Waals surface area contributed by atoms with Crippen molar-refractivity contribution in [2.45, 2.75) is 124 Å². The minimum Gasteiger partial charge on any atom is -0.420 e. The van der Waals surface area contributed by atoms with Gasteiger partial charge in [0.2, 0.25) is 34.8 Å². The molecule has 0 aliphatic rings. The molecule has 0 aliphatic heterocycles. The van der Waals surface area contributed by atoms with Crippen molar-refractivity contribution in [3.8, 4) is 5.75 Å². The number of carbonyl (C=O) groups is 1. The zero-order valence-corrected chi connectivity index (χ0v) is 21.0. The molecule has 0 aromatic heterocycles. The van der Waals surface area contributed by atoms with Crippen molar-refractivity contribution >= 4 is 5.97 Å². The van der Waals surface area contributed by atoms with Crippen molar-refractivity contribution in [2.24, 2.45) is 5.41 Å². The Labute approximate surface area is 201 Å². The molecule has 0 saturated heterocycles. The zero-order chi connectivity index (χ0) is 25.6. The Morgan fingerprint density at radius 3 is 1.26 bits per heavy atom. The Morgan fingerprint density at radius 2 is 0.882 bits per heavy atom. The van der Waals surface area contributed by atoms with E-state index in [1.165, 1.54) is 64.2 Å². The van der Waals surface area contributed by atoms with E-state index < -0.39 is 40.8 Å². The first-order valence-corrected chi connectivity index (χ1v) is 12.8. The van der Waals surface area contributed by atoms with Gasteiger partial charge in [0, 0.05) is 6.42 Å². The second-order valence-corrected chi connectivity index (χ2v) is 10.4. The molecule has 1 aromatic carbocycles. The Balaban J connectivity index is 1.99. The molecular weight excluding hydrogens is 451 g/mol. The van der Waals surface area contributed by atoms with E-state index in [-0.39, 0.29) is 6.42 Å². The first-order chi connectivity index (χ1) is 16.0. The smallest absolute Gasteiger partial charge is 0.311 e. The van der Waals surface area contributed by atoms with Crippen LogP contribution >= 0.6 is 0 Å². The molecule has 1 aromatic rings. The van der Waals surface area contributed by atoms with Crippen LogP contribution in [0.3, 0.4) is 0 Å². The number of hydrogen-bond acceptors (Lipinski definition) is 2. The van der Waals surface area contributed by atoms with Crippen LogP contribution in [0, 0.1) is 34.5 Å². The minimum atomic E-state index is -2.28. The van der Waals surface area contributed by atoms with Gasteiger partial charge in [0.05, 0.1) is 0 Å². The zero-order valence-electron chi connectivity index (χ0n) is 21.0. The molecule has 0 bridgehead atoms. The lowest BCUT2D eigenvalue weighted by Crippen LogP contribution is -2.13. The summed E-state index contributed by atoms with van der Waals surface area (Å²) >= 11 is 0. The molecular formula is C27H41F5O2. The summed E-state index contributed by atoms with van der Waals surface area (Å²) in [6.07, 6.45) is 17.1. The maximum Gasteiger partial charge on any atom is 0.311 e. The summed E-state index contributed by atoms with van der Waals surface area (Å²) in [5.74, 6) is -13.4. The lowest BCUT2D eigenvalue weighted by Gasteiger charge is -2.17. The molecule has 0 spiro atoms. The van der Waals surface area contributed by atoms with Crippen molar-refractivity contribution in [3.63, 3.8) is 0 Å². The van der Waals surface area contributed by atoms with Crippen LogP contribution in [0.2, 0.25) is 0 Å². The molecule has 196 valence electrons. The van der Waals surface area contributed by atoms with Gasteiger partial charge >= 0.3 is 5.97 Å².